The van der Waals surface area contributed by atoms with Crippen LogP contribution in [-0.4, -0.2) is 52.2 Å². The fourth-order valence-corrected chi connectivity index (χ4v) is 4.07. The van der Waals surface area contributed by atoms with Crippen molar-refractivity contribution in [3.63, 3.8) is 0 Å². The van der Waals surface area contributed by atoms with Gasteiger partial charge < -0.3 is 14.6 Å². The number of aliphatic hydroxyl groups excluding tert-OH is 1. The molecule has 0 bridgehead atoms. The lowest BCUT2D eigenvalue weighted by Crippen LogP contribution is -2.36. The third-order valence-electron chi connectivity index (χ3n) is 5.89. The zero-order valence-electron chi connectivity index (χ0n) is 19.7. The molecule has 33 heavy (non-hydrogen) atoms. The Balaban J connectivity index is 1.67. The molecule has 2 aromatic carbocycles. The molecule has 176 valence electrons. The van der Waals surface area contributed by atoms with Gasteiger partial charge in [-0.2, -0.15) is 5.10 Å². The Kier molecular flexibility index (Phi) is 8.15. The van der Waals surface area contributed by atoms with Crippen LogP contribution in [0.2, 0.25) is 0 Å². The first-order chi connectivity index (χ1) is 16.2. The molecule has 3 aromatic rings. The molecule has 1 aliphatic carbocycles. The standard InChI is InChI=1S/C27H35N3O3/c1-3-26-25(19-29(17-21-15-16-21)18-23(31)20-32-4-2)27(33-24-13-9-6-10-14-24)30(28-26)22-11-7-5-8-12-22/h5-14,21,23,31H,3-4,15-20H2,1-2H3. The van der Waals surface area contributed by atoms with Gasteiger partial charge in [-0.05, 0) is 56.4 Å². The van der Waals surface area contributed by atoms with E-state index < -0.39 is 6.10 Å². The highest BCUT2D eigenvalue weighted by atomic mass is 16.5. The van der Waals surface area contributed by atoms with E-state index in [-0.39, 0.29) is 0 Å². The highest BCUT2D eigenvalue weighted by Crippen LogP contribution is 2.34. The van der Waals surface area contributed by atoms with Gasteiger partial charge in [-0.25, -0.2) is 4.68 Å². The SMILES string of the molecule is CCOCC(O)CN(Cc1c(CC)nn(-c2ccccc2)c1Oc1ccccc1)CC1CC1. The lowest BCUT2D eigenvalue weighted by atomic mass is 10.1. The summed E-state index contributed by atoms with van der Waals surface area (Å²) in [4.78, 5) is 2.34. The molecule has 1 atom stereocenters. The largest absolute Gasteiger partial charge is 0.439 e. The van der Waals surface area contributed by atoms with Crippen molar-refractivity contribution in [1.29, 1.82) is 0 Å². The van der Waals surface area contributed by atoms with Crippen molar-refractivity contribution in [2.45, 2.75) is 45.8 Å². The van der Waals surface area contributed by atoms with Crippen molar-refractivity contribution in [3.8, 4) is 17.3 Å². The molecule has 0 saturated heterocycles. The first kappa shape index (κ1) is 23.5. The van der Waals surface area contributed by atoms with Gasteiger partial charge in [-0.3, -0.25) is 4.90 Å². The van der Waals surface area contributed by atoms with Gasteiger partial charge in [0, 0.05) is 26.2 Å². The monoisotopic (exact) mass is 449 g/mol. The third kappa shape index (κ3) is 6.44. The van der Waals surface area contributed by atoms with E-state index in [4.69, 9.17) is 14.6 Å². The Morgan fingerprint density at radius 1 is 1.06 bits per heavy atom. The number of rotatable bonds is 13. The number of nitrogens with zero attached hydrogens (tertiary/aromatic N) is 3. The molecular formula is C27H35N3O3. The summed E-state index contributed by atoms with van der Waals surface area (Å²) in [6.45, 7) is 7.26. The maximum atomic E-state index is 10.6. The molecule has 4 rings (SSSR count). The second-order valence-electron chi connectivity index (χ2n) is 8.70. The third-order valence-corrected chi connectivity index (χ3v) is 5.89. The number of benzene rings is 2. The van der Waals surface area contributed by atoms with E-state index in [1.807, 2.05) is 72.3 Å². The predicted molar refractivity (Wildman–Crippen MR) is 130 cm³/mol. The van der Waals surface area contributed by atoms with E-state index in [1.165, 1.54) is 12.8 Å². The first-order valence-electron chi connectivity index (χ1n) is 12.0. The maximum absolute atomic E-state index is 10.6. The number of ether oxygens (including phenoxy) is 2. The topological polar surface area (TPSA) is 59.8 Å². The predicted octanol–water partition coefficient (Wildman–Crippen LogP) is 4.84. The number of hydrogen-bond donors (Lipinski definition) is 1. The Morgan fingerprint density at radius 3 is 2.39 bits per heavy atom. The van der Waals surface area contributed by atoms with Crippen LogP contribution in [0.3, 0.4) is 0 Å². The van der Waals surface area contributed by atoms with Gasteiger partial charge in [-0.1, -0.05) is 43.3 Å². The van der Waals surface area contributed by atoms with Gasteiger partial charge in [-0.15, -0.1) is 0 Å². The fourth-order valence-electron chi connectivity index (χ4n) is 4.07. The number of aromatic nitrogens is 2. The van der Waals surface area contributed by atoms with Crippen molar-refractivity contribution in [2.24, 2.45) is 5.92 Å². The van der Waals surface area contributed by atoms with Gasteiger partial charge in [0.05, 0.1) is 29.7 Å². The van der Waals surface area contributed by atoms with Crippen LogP contribution in [0, 0.1) is 5.92 Å². The van der Waals surface area contributed by atoms with Crippen LogP contribution in [0.1, 0.15) is 37.9 Å². The van der Waals surface area contributed by atoms with Crippen LogP contribution in [0.4, 0.5) is 0 Å². The van der Waals surface area contributed by atoms with E-state index in [1.54, 1.807) is 0 Å². The highest BCUT2D eigenvalue weighted by Gasteiger charge is 2.28. The molecule has 0 spiro atoms. The summed E-state index contributed by atoms with van der Waals surface area (Å²) in [7, 11) is 0. The Hall–Kier alpha value is -2.67. The van der Waals surface area contributed by atoms with Crippen LogP contribution in [0.15, 0.2) is 60.7 Å². The Bertz CT molecular complexity index is 987. The quantitative estimate of drug-likeness (QED) is 0.405. The van der Waals surface area contributed by atoms with Gasteiger partial charge in [0.15, 0.2) is 0 Å². The van der Waals surface area contributed by atoms with Crippen LogP contribution in [-0.2, 0) is 17.7 Å². The fraction of sp³-hybridized carbons (Fsp3) is 0.444. The lowest BCUT2D eigenvalue weighted by Gasteiger charge is -2.25. The molecule has 0 radical (unpaired) electrons. The molecule has 1 unspecified atom stereocenters. The minimum atomic E-state index is -0.517. The summed E-state index contributed by atoms with van der Waals surface area (Å²) in [6.07, 6.45) is 2.81. The van der Waals surface area contributed by atoms with E-state index in [0.29, 0.717) is 32.2 Å². The Morgan fingerprint density at radius 2 is 1.76 bits per heavy atom. The molecule has 1 aromatic heterocycles. The summed E-state index contributed by atoms with van der Waals surface area (Å²) in [5, 5.41) is 15.5. The van der Waals surface area contributed by atoms with Gasteiger partial charge >= 0.3 is 0 Å². The van der Waals surface area contributed by atoms with E-state index in [0.717, 1.165) is 41.5 Å². The van der Waals surface area contributed by atoms with Crippen molar-refractivity contribution in [3.05, 3.63) is 71.9 Å². The van der Waals surface area contributed by atoms with E-state index in [2.05, 4.69) is 11.8 Å². The maximum Gasteiger partial charge on any atom is 0.227 e. The molecule has 0 aliphatic heterocycles. The smallest absolute Gasteiger partial charge is 0.227 e. The van der Waals surface area contributed by atoms with Crippen LogP contribution in [0.5, 0.6) is 11.6 Å². The second kappa shape index (κ2) is 11.5. The van der Waals surface area contributed by atoms with E-state index >= 15 is 0 Å². The normalized spacial score (nSPS) is 14.5. The summed E-state index contributed by atoms with van der Waals surface area (Å²) in [6, 6.07) is 20.0. The number of aliphatic hydroxyl groups is 1. The second-order valence-corrected chi connectivity index (χ2v) is 8.70. The lowest BCUT2D eigenvalue weighted by molar-refractivity contribution is 0.0186. The van der Waals surface area contributed by atoms with Crippen molar-refractivity contribution >= 4 is 0 Å². The van der Waals surface area contributed by atoms with Gasteiger partial charge in [0.25, 0.3) is 0 Å². The van der Waals surface area contributed by atoms with Crippen LogP contribution < -0.4 is 4.74 Å². The number of hydrogen-bond acceptors (Lipinski definition) is 5. The molecule has 6 nitrogen and oxygen atoms in total. The number of aryl methyl sites for hydroxylation is 1. The molecule has 1 N–H and O–H groups in total. The minimum absolute atomic E-state index is 0.356. The zero-order valence-corrected chi connectivity index (χ0v) is 19.7. The van der Waals surface area contributed by atoms with Gasteiger partial charge in [0.2, 0.25) is 5.88 Å². The summed E-state index contributed by atoms with van der Waals surface area (Å²) in [5.74, 6) is 2.23. The molecule has 1 aliphatic rings. The average Bonchev–Trinajstić information content (AvgIpc) is 3.60. The van der Waals surface area contributed by atoms with Crippen molar-refractivity contribution in [1.82, 2.24) is 14.7 Å². The molecule has 1 heterocycles. The minimum Gasteiger partial charge on any atom is -0.439 e. The average molecular weight is 450 g/mol. The van der Waals surface area contributed by atoms with E-state index in [9.17, 15) is 5.11 Å². The van der Waals surface area contributed by atoms with Crippen molar-refractivity contribution in [2.75, 3.05) is 26.3 Å². The molecule has 1 saturated carbocycles. The van der Waals surface area contributed by atoms with Crippen LogP contribution in [0.25, 0.3) is 5.69 Å². The zero-order chi connectivity index (χ0) is 23.0. The highest BCUT2D eigenvalue weighted by molar-refractivity contribution is 5.43. The first-order valence-corrected chi connectivity index (χ1v) is 12.0. The summed E-state index contributed by atoms with van der Waals surface area (Å²) < 4.78 is 13.8. The number of para-hydroxylation sites is 2. The molecule has 6 heteroatoms. The van der Waals surface area contributed by atoms with Gasteiger partial charge in [0.1, 0.15) is 5.75 Å². The Labute approximate surface area is 196 Å². The summed E-state index contributed by atoms with van der Waals surface area (Å²) in [5.41, 5.74) is 3.06. The molecule has 0 amide bonds. The summed E-state index contributed by atoms with van der Waals surface area (Å²) >= 11 is 0. The molecule has 1 fully saturated rings. The van der Waals surface area contributed by atoms with Crippen LogP contribution >= 0.6 is 0 Å². The van der Waals surface area contributed by atoms with Crippen molar-refractivity contribution < 1.29 is 14.6 Å². The molecular weight excluding hydrogens is 414 g/mol.